The summed E-state index contributed by atoms with van der Waals surface area (Å²) in [6.45, 7) is 11.0. The number of carbonyl (C=O) groups is 2. The summed E-state index contributed by atoms with van der Waals surface area (Å²) in [7, 11) is 0. The number of alkyl carbamates (subject to hydrolysis) is 1. The number of ether oxygens (including phenoxy) is 2. The van der Waals surface area contributed by atoms with Gasteiger partial charge < -0.3 is 14.8 Å². The number of hydrogen-bond acceptors (Lipinski definition) is 4. The van der Waals surface area contributed by atoms with E-state index in [0.717, 1.165) is 0 Å². The fraction of sp³-hybridized carbons (Fsp3) is 0.846. The molecule has 114 valence electrons. The third-order valence-electron chi connectivity index (χ3n) is 1.36. The molecular weight excluding hydrogens is 270 g/mol. The first-order chi connectivity index (χ1) is 8.66. The SMILES string of the molecule is CCC.CCC(Cl)OC(=O)CNC(=O)OC(C)(C)C. The maximum atomic E-state index is 11.1. The van der Waals surface area contributed by atoms with Crippen LogP contribution in [0.2, 0.25) is 0 Å². The Bertz CT molecular complexity index is 264. The van der Waals surface area contributed by atoms with Crippen molar-refractivity contribution in [2.75, 3.05) is 6.54 Å². The van der Waals surface area contributed by atoms with Crippen molar-refractivity contribution in [2.45, 2.75) is 65.5 Å². The summed E-state index contributed by atoms with van der Waals surface area (Å²) in [6, 6.07) is 0. The lowest BCUT2D eigenvalue weighted by Gasteiger charge is -2.19. The number of nitrogens with one attached hydrogen (secondary N) is 1. The molecule has 0 aliphatic rings. The second-order valence-electron chi connectivity index (χ2n) is 4.87. The van der Waals surface area contributed by atoms with Crippen molar-refractivity contribution in [3.8, 4) is 0 Å². The second-order valence-corrected chi connectivity index (χ2v) is 5.36. The lowest BCUT2D eigenvalue weighted by molar-refractivity contribution is -0.144. The molecule has 0 rings (SSSR count). The Morgan fingerprint density at radius 1 is 1.21 bits per heavy atom. The number of esters is 1. The van der Waals surface area contributed by atoms with Crippen LogP contribution in [0.1, 0.15) is 54.4 Å². The van der Waals surface area contributed by atoms with Gasteiger partial charge >= 0.3 is 12.1 Å². The summed E-state index contributed by atoms with van der Waals surface area (Å²) in [6.07, 6.45) is 1.10. The van der Waals surface area contributed by atoms with Crippen LogP contribution >= 0.6 is 11.6 Å². The van der Waals surface area contributed by atoms with E-state index in [4.69, 9.17) is 21.1 Å². The number of hydrogen-bond donors (Lipinski definition) is 1. The van der Waals surface area contributed by atoms with E-state index in [1.807, 2.05) is 0 Å². The molecule has 0 spiro atoms. The molecule has 0 aromatic carbocycles. The van der Waals surface area contributed by atoms with Gasteiger partial charge in [0.25, 0.3) is 0 Å². The quantitative estimate of drug-likeness (QED) is 0.637. The van der Waals surface area contributed by atoms with E-state index in [0.29, 0.717) is 6.42 Å². The predicted molar refractivity (Wildman–Crippen MR) is 76.2 cm³/mol. The normalized spacial score (nSPS) is 11.7. The molecule has 6 heteroatoms. The number of alkyl halides is 1. The van der Waals surface area contributed by atoms with Crippen LogP contribution in [0.15, 0.2) is 0 Å². The van der Waals surface area contributed by atoms with Crippen molar-refractivity contribution in [2.24, 2.45) is 0 Å². The molecule has 1 amide bonds. The van der Waals surface area contributed by atoms with E-state index in [9.17, 15) is 9.59 Å². The Kier molecular flexibility index (Phi) is 11.7. The summed E-state index contributed by atoms with van der Waals surface area (Å²) < 4.78 is 9.66. The van der Waals surface area contributed by atoms with Crippen LogP contribution in [0.25, 0.3) is 0 Å². The predicted octanol–water partition coefficient (Wildman–Crippen LogP) is 3.45. The first-order valence-corrected chi connectivity index (χ1v) is 6.90. The largest absolute Gasteiger partial charge is 0.445 e. The third kappa shape index (κ3) is 17.0. The minimum Gasteiger partial charge on any atom is -0.445 e. The van der Waals surface area contributed by atoms with Crippen molar-refractivity contribution in [3.63, 3.8) is 0 Å². The van der Waals surface area contributed by atoms with Crippen LogP contribution in [-0.2, 0) is 14.3 Å². The molecule has 0 bridgehead atoms. The maximum Gasteiger partial charge on any atom is 0.408 e. The Labute approximate surface area is 121 Å². The number of carbonyl (C=O) groups excluding carboxylic acids is 2. The van der Waals surface area contributed by atoms with E-state index in [2.05, 4.69) is 19.2 Å². The molecule has 0 radical (unpaired) electrons. The van der Waals surface area contributed by atoms with Gasteiger partial charge in [-0.05, 0) is 27.2 Å². The van der Waals surface area contributed by atoms with Crippen LogP contribution in [0.3, 0.4) is 0 Å². The molecule has 0 saturated carbocycles. The van der Waals surface area contributed by atoms with Crippen molar-refractivity contribution >= 4 is 23.7 Å². The number of amides is 1. The molecule has 0 aliphatic carbocycles. The maximum absolute atomic E-state index is 11.1. The first-order valence-electron chi connectivity index (χ1n) is 6.46. The van der Waals surface area contributed by atoms with Gasteiger partial charge in [0.15, 0.2) is 5.56 Å². The molecule has 0 saturated heterocycles. The fourth-order valence-corrected chi connectivity index (χ4v) is 0.826. The van der Waals surface area contributed by atoms with Gasteiger partial charge in [0.05, 0.1) is 0 Å². The zero-order valence-corrected chi connectivity index (χ0v) is 13.5. The van der Waals surface area contributed by atoms with Crippen molar-refractivity contribution < 1.29 is 19.1 Å². The van der Waals surface area contributed by atoms with Gasteiger partial charge in [-0.25, -0.2) is 4.79 Å². The van der Waals surface area contributed by atoms with E-state index in [1.165, 1.54) is 6.42 Å². The highest BCUT2D eigenvalue weighted by Gasteiger charge is 2.17. The monoisotopic (exact) mass is 295 g/mol. The van der Waals surface area contributed by atoms with Gasteiger partial charge in [-0.2, -0.15) is 0 Å². The second kappa shape index (κ2) is 10.9. The summed E-state index contributed by atoms with van der Waals surface area (Å²) in [5.74, 6) is -0.590. The summed E-state index contributed by atoms with van der Waals surface area (Å²) in [5.41, 5.74) is -1.25. The Hall–Kier alpha value is -0.970. The average molecular weight is 296 g/mol. The molecule has 1 atom stereocenters. The number of rotatable bonds is 4. The van der Waals surface area contributed by atoms with Crippen molar-refractivity contribution in [3.05, 3.63) is 0 Å². The minimum absolute atomic E-state index is 0.252. The van der Waals surface area contributed by atoms with Gasteiger partial charge in [0.2, 0.25) is 0 Å². The Morgan fingerprint density at radius 3 is 2.05 bits per heavy atom. The molecule has 0 fully saturated rings. The zero-order valence-electron chi connectivity index (χ0n) is 12.7. The molecule has 0 aromatic rings. The Morgan fingerprint density at radius 2 is 1.68 bits per heavy atom. The summed E-state index contributed by atoms with van der Waals surface area (Å²) >= 11 is 5.59. The topological polar surface area (TPSA) is 64.6 Å². The van der Waals surface area contributed by atoms with E-state index >= 15 is 0 Å². The molecule has 19 heavy (non-hydrogen) atoms. The van der Waals surface area contributed by atoms with Crippen LogP contribution < -0.4 is 5.32 Å². The molecule has 0 aromatic heterocycles. The third-order valence-corrected chi connectivity index (χ3v) is 1.75. The average Bonchev–Trinajstić information content (AvgIpc) is 2.25. The molecule has 0 heterocycles. The van der Waals surface area contributed by atoms with Gasteiger partial charge in [0, 0.05) is 0 Å². The summed E-state index contributed by atoms with van der Waals surface area (Å²) in [5, 5.41) is 2.27. The fourth-order valence-electron chi connectivity index (χ4n) is 0.726. The van der Waals surface area contributed by atoms with Crippen LogP contribution in [0.4, 0.5) is 4.79 Å². The van der Waals surface area contributed by atoms with Crippen molar-refractivity contribution in [1.29, 1.82) is 0 Å². The lowest BCUT2D eigenvalue weighted by Crippen LogP contribution is -2.36. The molecule has 5 nitrogen and oxygen atoms in total. The highest BCUT2D eigenvalue weighted by atomic mass is 35.5. The van der Waals surface area contributed by atoms with Gasteiger partial charge in [-0.3, -0.25) is 4.79 Å². The van der Waals surface area contributed by atoms with Gasteiger partial charge in [0.1, 0.15) is 12.1 Å². The molecule has 0 aliphatic heterocycles. The Balaban J connectivity index is 0. The minimum atomic E-state index is -0.660. The van der Waals surface area contributed by atoms with Crippen LogP contribution in [-0.4, -0.2) is 29.8 Å². The smallest absolute Gasteiger partial charge is 0.408 e. The van der Waals surface area contributed by atoms with Gasteiger partial charge in [-0.1, -0.05) is 38.8 Å². The number of halogens is 1. The van der Waals surface area contributed by atoms with Crippen LogP contribution in [0, 0.1) is 0 Å². The van der Waals surface area contributed by atoms with E-state index in [1.54, 1.807) is 27.7 Å². The standard InChI is InChI=1S/C10H18ClNO4.C3H8/c1-5-7(11)15-8(13)6-12-9(14)16-10(2,3)4;1-3-2/h7H,5-6H2,1-4H3,(H,12,14);3H2,1-2H3. The molecule has 1 unspecified atom stereocenters. The van der Waals surface area contributed by atoms with Crippen molar-refractivity contribution in [1.82, 2.24) is 5.32 Å². The summed E-state index contributed by atoms with van der Waals surface area (Å²) in [4.78, 5) is 22.2. The highest BCUT2D eigenvalue weighted by Crippen LogP contribution is 2.06. The van der Waals surface area contributed by atoms with E-state index < -0.39 is 23.2 Å². The first kappa shape index (κ1) is 20.3. The molecular formula is C13H26ClNO4. The zero-order chi connectivity index (χ0) is 15.5. The molecule has 1 N–H and O–H groups in total. The lowest BCUT2D eigenvalue weighted by atomic mass is 10.2. The van der Waals surface area contributed by atoms with E-state index in [-0.39, 0.29) is 6.54 Å². The van der Waals surface area contributed by atoms with Gasteiger partial charge in [-0.15, -0.1) is 0 Å². The highest BCUT2D eigenvalue weighted by molar-refractivity contribution is 6.20. The van der Waals surface area contributed by atoms with Crippen LogP contribution in [0.5, 0.6) is 0 Å².